The van der Waals surface area contributed by atoms with Crippen LogP contribution in [-0.4, -0.2) is 23.4 Å². The summed E-state index contributed by atoms with van der Waals surface area (Å²) >= 11 is 4.90. The fourth-order valence-corrected chi connectivity index (χ4v) is 1.32. The summed E-state index contributed by atoms with van der Waals surface area (Å²) in [6.07, 6.45) is 0. The SMILES string of the molecule is C[C@H](NCC(C)(C)C)C(=O)OP(=O)(O)Cl. The molecule has 0 rings (SSSR count). The van der Waals surface area contributed by atoms with Gasteiger partial charge in [-0.15, -0.1) is 0 Å². The van der Waals surface area contributed by atoms with Crippen LogP contribution in [0.25, 0.3) is 0 Å². The molecule has 2 atom stereocenters. The molecule has 1 unspecified atom stereocenters. The number of rotatable bonds is 4. The van der Waals surface area contributed by atoms with Gasteiger partial charge in [0, 0.05) is 17.8 Å². The van der Waals surface area contributed by atoms with Gasteiger partial charge in [0.05, 0.1) is 0 Å². The van der Waals surface area contributed by atoms with E-state index >= 15 is 0 Å². The molecule has 0 fully saturated rings. The van der Waals surface area contributed by atoms with Gasteiger partial charge in [0.25, 0.3) is 0 Å². The number of carbonyl (C=O) groups excluding carboxylic acids is 1. The molecule has 0 aromatic heterocycles. The number of hydrogen-bond acceptors (Lipinski definition) is 4. The zero-order valence-electron chi connectivity index (χ0n) is 9.28. The van der Waals surface area contributed by atoms with Crippen LogP contribution in [-0.2, 0) is 13.9 Å². The van der Waals surface area contributed by atoms with E-state index in [-0.39, 0.29) is 5.41 Å². The lowest BCUT2D eigenvalue weighted by Crippen LogP contribution is -2.39. The number of nitrogens with one attached hydrogen (secondary N) is 1. The van der Waals surface area contributed by atoms with Crippen LogP contribution in [0.15, 0.2) is 0 Å². The third-order valence-corrected chi connectivity index (χ3v) is 2.11. The highest BCUT2D eigenvalue weighted by Crippen LogP contribution is 2.47. The molecule has 0 saturated heterocycles. The van der Waals surface area contributed by atoms with Crippen LogP contribution in [0, 0.1) is 5.41 Å². The number of hydrogen-bond donors (Lipinski definition) is 2. The molecule has 0 aliphatic carbocycles. The third-order valence-electron chi connectivity index (χ3n) is 1.49. The van der Waals surface area contributed by atoms with Crippen LogP contribution < -0.4 is 5.32 Å². The first-order chi connectivity index (χ1) is 6.51. The van der Waals surface area contributed by atoms with Crippen LogP contribution in [0.4, 0.5) is 0 Å². The molecule has 90 valence electrons. The molecule has 0 aliphatic heterocycles. The van der Waals surface area contributed by atoms with Crippen molar-refractivity contribution in [2.75, 3.05) is 6.54 Å². The lowest BCUT2D eigenvalue weighted by molar-refractivity contribution is -0.136. The van der Waals surface area contributed by atoms with E-state index in [1.165, 1.54) is 0 Å². The Hall–Kier alpha value is -0.0900. The van der Waals surface area contributed by atoms with Gasteiger partial charge in [-0.05, 0) is 12.3 Å². The van der Waals surface area contributed by atoms with Crippen molar-refractivity contribution in [3.05, 3.63) is 0 Å². The zero-order valence-corrected chi connectivity index (χ0v) is 10.9. The summed E-state index contributed by atoms with van der Waals surface area (Å²) in [5, 5.41) is 2.88. The molecule has 7 heteroatoms. The fourth-order valence-electron chi connectivity index (χ4n) is 0.733. The van der Waals surface area contributed by atoms with E-state index in [4.69, 9.17) is 16.1 Å². The Morgan fingerprint density at radius 3 is 2.40 bits per heavy atom. The third kappa shape index (κ3) is 8.88. The second-order valence-electron chi connectivity index (χ2n) is 4.53. The normalized spacial score (nSPS) is 18.0. The average molecular weight is 258 g/mol. The maximum absolute atomic E-state index is 11.2. The minimum absolute atomic E-state index is 0.0123. The van der Waals surface area contributed by atoms with E-state index in [2.05, 4.69) is 9.84 Å². The Balaban J connectivity index is 4.07. The molecule has 0 radical (unpaired) electrons. The van der Waals surface area contributed by atoms with E-state index in [1.807, 2.05) is 20.8 Å². The van der Waals surface area contributed by atoms with E-state index in [1.54, 1.807) is 6.92 Å². The second-order valence-corrected chi connectivity index (χ2v) is 6.89. The molecule has 0 spiro atoms. The van der Waals surface area contributed by atoms with Gasteiger partial charge in [0.2, 0.25) is 0 Å². The van der Waals surface area contributed by atoms with Crippen LogP contribution in [0.5, 0.6) is 0 Å². The molecule has 0 aromatic rings. The van der Waals surface area contributed by atoms with Gasteiger partial charge in [0.15, 0.2) is 0 Å². The summed E-state index contributed by atoms with van der Waals surface area (Å²) in [5.41, 5.74) is 0.0123. The lowest BCUT2D eigenvalue weighted by atomic mass is 9.97. The molecule has 5 nitrogen and oxygen atoms in total. The highest BCUT2D eigenvalue weighted by atomic mass is 35.7. The van der Waals surface area contributed by atoms with Crippen molar-refractivity contribution in [1.82, 2.24) is 5.32 Å². The van der Waals surface area contributed by atoms with Crippen LogP contribution in [0.2, 0.25) is 0 Å². The van der Waals surface area contributed by atoms with E-state index < -0.39 is 19.0 Å². The van der Waals surface area contributed by atoms with Gasteiger partial charge in [-0.2, -0.15) is 0 Å². The lowest BCUT2D eigenvalue weighted by Gasteiger charge is -2.21. The van der Waals surface area contributed by atoms with Crippen LogP contribution >= 0.6 is 18.2 Å². The molecule has 0 bridgehead atoms. The van der Waals surface area contributed by atoms with Crippen molar-refractivity contribution in [3.8, 4) is 0 Å². The van der Waals surface area contributed by atoms with Gasteiger partial charge < -0.3 is 14.7 Å². The first kappa shape index (κ1) is 14.9. The summed E-state index contributed by atoms with van der Waals surface area (Å²) in [6.45, 7) is 3.86. The molecular formula is C8H17ClNO4P. The van der Waals surface area contributed by atoms with Gasteiger partial charge in [-0.25, -0.2) is 4.57 Å². The highest BCUT2D eigenvalue weighted by Gasteiger charge is 2.25. The van der Waals surface area contributed by atoms with Gasteiger partial charge >= 0.3 is 12.9 Å². The molecule has 0 amide bonds. The minimum Gasteiger partial charge on any atom is -0.379 e. The highest BCUT2D eigenvalue weighted by molar-refractivity contribution is 7.80. The Labute approximate surface area is 94.5 Å². The zero-order chi connectivity index (χ0) is 12.3. The van der Waals surface area contributed by atoms with E-state index in [9.17, 15) is 9.36 Å². The average Bonchev–Trinajstić information content (AvgIpc) is 1.95. The second kappa shape index (κ2) is 5.30. The number of carbonyl (C=O) groups is 1. The summed E-state index contributed by atoms with van der Waals surface area (Å²) in [6, 6.07) is -0.663. The largest absolute Gasteiger partial charge is 0.476 e. The predicted molar refractivity (Wildman–Crippen MR) is 58.7 cm³/mol. The summed E-state index contributed by atoms with van der Waals surface area (Å²) in [7, 11) is 0. The molecule has 2 N–H and O–H groups in total. The molecule has 0 aliphatic rings. The maximum atomic E-state index is 11.2. The van der Waals surface area contributed by atoms with Gasteiger partial charge in [0.1, 0.15) is 6.04 Å². The molecule has 0 heterocycles. The summed E-state index contributed by atoms with van der Waals surface area (Å²) < 4.78 is 14.7. The number of halogens is 1. The van der Waals surface area contributed by atoms with Crippen LogP contribution in [0.1, 0.15) is 27.7 Å². The first-order valence-electron chi connectivity index (χ1n) is 4.50. The van der Waals surface area contributed by atoms with E-state index in [0.29, 0.717) is 6.54 Å². The van der Waals surface area contributed by atoms with Crippen molar-refractivity contribution in [3.63, 3.8) is 0 Å². The fraction of sp³-hybridized carbons (Fsp3) is 0.875. The molecule has 15 heavy (non-hydrogen) atoms. The maximum Gasteiger partial charge on any atom is 0.476 e. The standard InChI is InChI=1S/C8H17ClNO4P/c1-6(10-5-8(2,3)4)7(11)14-15(9,12)13/h6,10H,5H2,1-4H3,(H,12,13)/t6-/m0/s1. The Kier molecular flexibility index (Phi) is 5.27. The molecular weight excluding hydrogens is 241 g/mol. The smallest absolute Gasteiger partial charge is 0.379 e. The van der Waals surface area contributed by atoms with Crippen molar-refractivity contribution in [2.45, 2.75) is 33.7 Å². The Bertz CT molecular complexity index is 270. The van der Waals surface area contributed by atoms with Crippen molar-refractivity contribution < 1.29 is 18.8 Å². The molecule has 0 aromatic carbocycles. The van der Waals surface area contributed by atoms with Crippen molar-refractivity contribution in [1.29, 1.82) is 0 Å². The Morgan fingerprint density at radius 1 is 1.60 bits per heavy atom. The Morgan fingerprint density at radius 2 is 2.07 bits per heavy atom. The summed E-state index contributed by atoms with van der Waals surface area (Å²) in [4.78, 5) is 19.8. The topological polar surface area (TPSA) is 75.6 Å². The minimum atomic E-state index is -4.26. The van der Waals surface area contributed by atoms with Crippen LogP contribution in [0.3, 0.4) is 0 Å². The monoisotopic (exact) mass is 257 g/mol. The van der Waals surface area contributed by atoms with Gasteiger partial charge in [-0.1, -0.05) is 20.8 Å². The molecule has 0 saturated carbocycles. The van der Waals surface area contributed by atoms with E-state index in [0.717, 1.165) is 0 Å². The quantitative estimate of drug-likeness (QED) is 0.752. The van der Waals surface area contributed by atoms with Crippen molar-refractivity contribution in [2.24, 2.45) is 5.41 Å². The predicted octanol–water partition coefficient (Wildman–Crippen LogP) is 1.89. The van der Waals surface area contributed by atoms with Gasteiger partial charge in [-0.3, -0.25) is 4.79 Å². The first-order valence-corrected chi connectivity index (χ1v) is 6.99. The summed E-state index contributed by atoms with van der Waals surface area (Å²) in [5.74, 6) is -0.833. The van der Waals surface area contributed by atoms with Crippen molar-refractivity contribution >= 4 is 24.2 Å².